The Bertz CT molecular complexity index is 998. The summed E-state index contributed by atoms with van der Waals surface area (Å²) in [6, 6.07) is 13.7. The van der Waals surface area contributed by atoms with Crippen molar-refractivity contribution in [1.29, 1.82) is 0 Å². The SMILES string of the molecule is CCc1cccc(C)c1NC(=O)CCn1c(=O)n(CC)c2ccccc21. The van der Waals surface area contributed by atoms with Crippen LogP contribution in [-0.2, 0) is 24.3 Å². The van der Waals surface area contributed by atoms with Gasteiger partial charge in [-0.05, 0) is 43.5 Å². The molecule has 136 valence electrons. The van der Waals surface area contributed by atoms with Crippen LogP contribution in [0.2, 0.25) is 0 Å². The molecule has 3 rings (SSSR count). The van der Waals surface area contributed by atoms with E-state index in [4.69, 9.17) is 0 Å². The van der Waals surface area contributed by atoms with Crippen molar-refractivity contribution in [2.45, 2.75) is 46.7 Å². The Balaban J connectivity index is 1.80. The van der Waals surface area contributed by atoms with Gasteiger partial charge in [0.15, 0.2) is 0 Å². The van der Waals surface area contributed by atoms with Crippen LogP contribution in [0.5, 0.6) is 0 Å². The average molecular weight is 351 g/mol. The normalized spacial score (nSPS) is 11.0. The smallest absolute Gasteiger partial charge is 0.326 e. The van der Waals surface area contributed by atoms with E-state index in [2.05, 4.69) is 12.2 Å². The summed E-state index contributed by atoms with van der Waals surface area (Å²) in [5.41, 5.74) is 4.79. The molecule has 0 unspecified atom stereocenters. The lowest BCUT2D eigenvalue weighted by atomic mass is 10.1. The number of imidazole rings is 1. The van der Waals surface area contributed by atoms with Gasteiger partial charge in [-0.3, -0.25) is 13.9 Å². The van der Waals surface area contributed by atoms with Crippen LogP contribution in [0.1, 0.15) is 31.4 Å². The molecule has 0 aliphatic heterocycles. The molecule has 1 aromatic heterocycles. The quantitative estimate of drug-likeness (QED) is 0.736. The van der Waals surface area contributed by atoms with Gasteiger partial charge in [-0.2, -0.15) is 0 Å². The van der Waals surface area contributed by atoms with Gasteiger partial charge in [0.2, 0.25) is 5.91 Å². The molecule has 2 aromatic carbocycles. The van der Waals surface area contributed by atoms with Crippen molar-refractivity contribution in [1.82, 2.24) is 9.13 Å². The molecule has 0 aliphatic rings. The number of nitrogens with one attached hydrogen (secondary N) is 1. The number of fused-ring (bicyclic) bond motifs is 1. The third-order valence-corrected chi connectivity index (χ3v) is 4.81. The van der Waals surface area contributed by atoms with Crippen molar-refractivity contribution in [3.8, 4) is 0 Å². The molecule has 0 fully saturated rings. The van der Waals surface area contributed by atoms with Crippen LogP contribution < -0.4 is 11.0 Å². The van der Waals surface area contributed by atoms with Crippen molar-refractivity contribution in [3.05, 3.63) is 64.1 Å². The van der Waals surface area contributed by atoms with Crippen LogP contribution in [0.25, 0.3) is 11.0 Å². The van der Waals surface area contributed by atoms with E-state index in [9.17, 15) is 9.59 Å². The number of hydrogen-bond acceptors (Lipinski definition) is 2. The molecule has 1 heterocycles. The number of rotatable bonds is 6. The molecule has 0 aliphatic carbocycles. The number of nitrogens with zero attached hydrogens (tertiary/aromatic N) is 2. The van der Waals surface area contributed by atoms with E-state index >= 15 is 0 Å². The van der Waals surface area contributed by atoms with Gasteiger partial charge in [0.1, 0.15) is 0 Å². The van der Waals surface area contributed by atoms with Gasteiger partial charge in [0, 0.05) is 25.2 Å². The number of carbonyl (C=O) groups excluding carboxylic acids is 1. The number of aryl methyl sites for hydroxylation is 4. The second-order valence-electron chi connectivity index (χ2n) is 6.43. The van der Waals surface area contributed by atoms with Gasteiger partial charge < -0.3 is 5.32 Å². The minimum Gasteiger partial charge on any atom is -0.326 e. The summed E-state index contributed by atoms with van der Waals surface area (Å²) in [4.78, 5) is 25.1. The summed E-state index contributed by atoms with van der Waals surface area (Å²) >= 11 is 0. The second-order valence-corrected chi connectivity index (χ2v) is 6.43. The highest BCUT2D eigenvalue weighted by molar-refractivity contribution is 5.92. The summed E-state index contributed by atoms with van der Waals surface area (Å²) in [6.07, 6.45) is 1.12. The van der Waals surface area contributed by atoms with Crippen molar-refractivity contribution < 1.29 is 4.79 Å². The first-order valence-corrected chi connectivity index (χ1v) is 9.13. The number of hydrogen-bond donors (Lipinski definition) is 1. The van der Waals surface area contributed by atoms with Crippen LogP contribution in [0.3, 0.4) is 0 Å². The van der Waals surface area contributed by atoms with Crippen LogP contribution in [0.4, 0.5) is 5.69 Å². The molecule has 0 radical (unpaired) electrons. The Kier molecular flexibility index (Phi) is 5.26. The Morgan fingerprint density at radius 1 is 1.00 bits per heavy atom. The fourth-order valence-electron chi connectivity index (χ4n) is 3.41. The molecule has 0 saturated heterocycles. The predicted octanol–water partition coefficient (Wildman–Crippen LogP) is 3.72. The van der Waals surface area contributed by atoms with E-state index in [1.165, 1.54) is 0 Å². The van der Waals surface area contributed by atoms with E-state index < -0.39 is 0 Å². The fraction of sp³-hybridized carbons (Fsp3) is 0.333. The zero-order valence-corrected chi connectivity index (χ0v) is 15.6. The number of carbonyl (C=O) groups is 1. The number of aromatic nitrogens is 2. The molecule has 0 bridgehead atoms. The summed E-state index contributed by atoms with van der Waals surface area (Å²) in [7, 11) is 0. The maximum Gasteiger partial charge on any atom is 0.329 e. The molecule has 5 nitrogen and oxygen atoms in total. The molecular formula is C21H25N3O2. The zero-order valence-electron chi connectivity index (χ0n) is 15.6. The fourth-order valence-corrected chi connectivity index (χ4v) is 3.41. The average Bonchev–Trinajstić information content (AvgIpc) is 2.92. The van der Waals surface area contributed by atoms with Crippen LogP contribution >= 0.6 is 0 Å². The third kappa shape index (κ3) is 3.29. The summed E-state index contributed by atoms with van der Waals surface area (Å²) in [5, 5.41) is 3.03. The second kappa shape index (κ2) is 7.60. The van der Waals surface area contributed by atoms with Crippen LogP contribution in [0, 0.1) is 6.92 Å². The minimum atomic E-state index is -0.0748. The van der Waals surface area contributed by atoms with Gasteiger partial charge in [-0.25, -0.2) is 4.79 Å². The highest BCUT2D eigenvalue weighted by atomic mass is 16.2. The standard InChI is InChI=1S/C21H25N3O2/c1-4-16-10-8-9-15(3)20(16)22-19(25)13-14-24-18-12-7-6-11-17(18)23(5-2)21(24)26/h6-12H,4-5,13-14H2,1-3H3,(H,22,25). The molecule has 0 spiro atoms. The van der Waals surface area contributed by atoms with E-state index in [-0.39, 0.29) is 18.0 Å². The predicted molar refractivity (Wildman–Crippen MR) is 106 cm³/mol. The monoisotopic (exact) mass is 351 g/mol. The lowest BCUT2D eigenvalue weighted by Crippen LogP contribution is -2.26. The zero-order chi connectivity index (χ0) is 18.7. The highest BCUT2D eigenvalue weighted by Gasteiger charge is 2.14. The highest BCUT2D eigenvalue weighted by Crippen LogP contribution is 2.21. The Morgan fingerprint density at radius 3 is 2.35 bits per heavy atom. The van der Waals surface area contributed by atoms with Gasteiger partial charge in [0.25, 0.3) is 0 Å². The lowest BCUT2D eigenvalue weighted by Gasteiger charge is -2.13. The molecule has 1 amide bonds. The topological polar surface area (TPSA) is 56.0 Å². The maximum absolute atomic E-state index is 12.6. The maximum atomic E-state index is 12.6. The van der Waals surface area contributed by atoms with E-state index in [0.717, 1.165) is 34.3 Å². The van der Waals surface area contributed by atoms with Crippen LogP contribution in [-0.4, -0.2) is 15.0 Å². The lowest BCUT2D eigenvalue weighted by molar-refractivity contribution is -0.116. The Morgan fingerprint density at radius 2 is 1.69 bits per heavy atom. The first-order chi connectivity index (χ1) is 12.6. The third-order valence-electron chi connectivity index (χ3n) is 4.81. The van der Waals surface area contributed by atoms with Gasteiger partial charge in [-0.1, -0.05) is 37.3 Å². The molecule has 0 saturated carbocycles. The molecule has 1 N–H and O–H groups in total. The largest absolute Gasteiger partial charge is 0.329 e. The van der Waals surface area contributed by atoms with Crippen LogP contribution in [0.15, 0.2) is 47.3 Å². The molecule has 0 atom stereocenters. The minimum absolute atomic E-state index is 0.0633. The molecule has 3 aromatic rings. The van der Waals surface area contributed by atoms with Gasteiger partial charge >= 0.3 is 5.69 Å². The number of benzene rings is 2. The molecular weight excluding hydrogens is 326 g/mol. The Labute approximate surface area is 153 Å². The van der Waals surface area contributed by atoms with Crippen molar-refractivity contribution in [2.24, 2.45) is 0 Å². The number of amides is 1. The van der Waals surface area contributed by atoms with Gasteiger partial charge in [0.05, 0.1) is 11.0 Å². The summed E-state index contributed by atoms with van der Waals surface area (Å²) in [6.45, 7) is 7.00. The molecule has 26 heavy (non-hydrogen) atoms. The first-order valence-electron chi connectivity index (χ1n) is 9.13. The molecule has 5 heteroatoms. The number of anilines is 1. The summed E-state index contributed by atoms with van der Waals surface area (Å²) < 4.78 is 3.43. The first kappa shape index (κ1) is 18.0. The van der Waals surface area contributed by atoms with Gasteiger partial charge in [-0.15, -0.1) is 0 Å². The van der Waals surface area contributed by atoms with Crippen molar-refractivity contribution >= 4 is 22.6 Å². The van der Waals surface area contributed by atoms with E-state index in [1.807, 2.05) is 56.3 Å². The number of para-hydroxylation sites is 3. The Hall–Kier alpha value is -2.82. The summed E-state index contributed by atoms with van der Waals surface area (Å²) in [5.74, 6) is -0.0748. The van der Waals surface area contributed by atoms with E-state index in [1.54, 1.807) is 9.13 Å². The van der Waals surface area contributed by atoms with E-state index in [0.29, 0.717) is 13.1 Å². The van der Waals surface area contributed by atoms with Crippen molar-refractivity contribution in [2.75, 3.05) is 5.32 Å². The van der Waals surface area contributed by atoms with Crippen molar-refractivity contribution in [3.63, 3.8) is 0 Å².